The van der Waals surface area contributed by atoms with Crippen molar-refractivity contribution in [2.24, 2.45) is 11.3 Å². The zero-order valence-electron chi connectivity index (χ0n) is 10.8. The molecule has 0 aromatic heterocycles. The van der Waals surface area contributed by atoms with E-state index in [0.29, 0.717) is 5.41 Å². The van der Waals surface area contributed by atoms with Gasteiger partial charge in [0.05, 0.1) is 0 Å². The standard InChI is InChI=1S/C13H26N2O/c1-14-10-13(5-7-16-8-6-13)11-15(2)9-12-3-4-12/h12,14H,3-11H2,1-2H3. The van der Waals surface area contributed by atoms with Crippen molar-refractivity contribution in [1.82, 2.24) is 10.2 Å². The maximum Gasteiger partial charge on any atom is 0.0472 e. The summed E-state index contributed by atoms with van der Waals surface area (Å²) in [5, 5.41) is 3.37. The highest BCUT2D eigenvalue weighted by Gasteiger charge is 2.34. The Bertz CT molecular complexity index is 204. The van der Waals surface area contributed by atoms with Crippen LogP contribution in [0.1, 0.15) is 25.7 Å². The van der Waals surface area contributed by atoms with Gasteiger partial charge in [0.1, 0.15) is 0 Å². The van der Waals surface area contributed by atoms with Gasteiger partial charge in [-0.15, -0.1) is 0 Å². The molecule has 2 fully saturated rings. The molecule has 2 aliphatic rings. The van der Waals surface area contributed by atoms with Crippen LogP contribution in [0.25, 0.3) is 0 Å². The average molecular weight is 226 g/mol. The van der Waals surface area contributed by atoms with Crippen LogP contribution >= 0.6 is 0 Å². The fourth-order valence-corrected chi connectivity index (χ4v) is 2.95. The van der Waals surface area contributed by atoms with Gasteiger partial charge in [-0.2, -0.15) is 0 Å². The van der Waals surface area contributed by atoms with E-state index in [2.05, 4.69) is 24.3 Å². The lowest BCUT2D eigenvalue weighted by molar-refractivity contribution is -0.000206. The fourth-order valence-electron chi connectivity index (χ4n) is 2.95. The summed E-state index contributed by atoms with van der Waals surface area (Å²) in [6.45, 7) is 5.54. The van der Waals surface area contributed by atoms with E-state index in [-0.39, 0.29) is 0 Å². The van der Waals surface area contributed by atoms with E-state index >= 15 is 0 Å². The third kappa shape index (κ3) is 3.44. The van der Waals surface area contributed by atoms with Crippen molar-refractivity contribution in [3.63, 3.8) is 0 Å². The molecule has 0 radical (unpaired) electrons. The largest absolute Gasteiger partial charge is 0.381 e. The lowest BCUT2D eigenvalue weighted by Gasteiger charge is -2.40. The van der Waals surface area contributed by atoms with Gasteiger partial charge in [0.15, 0.2) is 0 Å². The second-order valence-corrected chi connectivity index (χ2v) is 5.78. The number of ether oxygens (including phenoxy) is 1. The van der Waals surface area contributed by atoms with Crippen LogP contribution in [-0.2, 0) is 4.74 Å². The molecule has 1 saturated carbocycles. The predicted molar refractivity (Wildman–Crippen MR) is 66.6 cm³/mol. The van der Waals surface area contributed by atoms with Gasteiger partial charge in [0.25, 0.3) is 0 Å². The Morgan fingerprint density at radius 3 is 2.56 bits per heavy atom. The summed E-state index contributed by atoms with van der Waals surface area (Å²) in [5.41, 5.74) is 0.455. The second-order valence-electron chi connectivity index (χ2n) is 5.78. The molecule has 0 amide bonds. The highest BCUT2D eigenvalue weighted by atomic mass is 16.5. The van der Waals surface area contributed by atoms with E-state index in [0.717, 1.165) is 25.7 Å². The summed E-state index contributed by atoms with van der Waals surface area (Å²) in [6.07, 6.45) is 5.32. The molecule has 0 spiro atoms. The quantitative estimate of drug-likeness (QED) is 0.740. The average Bonchev–Trinajstić information content (AvgIpc) is 3.03. The van der Waals surface area contributed by atoms with E-state index < -0.39 is 0 Å². The molecule has 1 saturated heterocycles. The minimum atomic E-state index is 0.455. The summed E-state index contributed by atoms with van der Waals surface area (Å²) in [7, 11) is 4.35. The Kier molecular flexibility index (Phi) is 4.22. The number of nitrogens with one attached hydrogen (secondary N) is 1. The molecular formula is C13H26N2O. The number of hydrogen-bond acceptors (Lipinski definition) is 3. The molecule has 3 heteroatoms. The van der Waals surface area contributed by atoms with Crippen LogP contribution in [0.4, 0.5) is 0 Å². The van der Waals surface area contributed by atoms with Crippen LogP contribution in [0.5, 0.6) is 0 Å². The molecule has 3 nitrogen and oxygen atoms in total. The molecule has 16 heavy (non-hydrogen) atoms. The highest BCUT2D eigenvalue weighted by molar-refractivity contribution is 4.87. The van der Waals surface area contributed by atoms with E-state index in [9.17, 15) is 0 Å². The molecule has 1 N–H and O–H groups in total. The van der Waals surface area contributed by atoms with Crippen LogP contribution < -0.4 is 5.32 Å². The number of rotatable bonds is 6. The molecule has 0 aromatic rings. The van der Waals surface area contributed by atoms with Gasteiger partial charge in [-0.05, 0) is 51.1 Å². The van der Waals surface area contributed by atoms with Gasteiger partial charge in [0, 0.05) is 32.8 Å². The first-order valence-corrected chi connectivity index (χ1v) is 6.65. The van der Waals surface area contributed by atoms with Crippen molar-refractivity contribution in [2.75, 3.05) is 46.9 Å². The topological polar surface area (TPSA) is 24.5 Å². The Balaban J connectivity index is 1.84. The van der Waals surface area contributed by atoms with Crippen molar-refractivity contribution in [3.05, 3.63) is 0 Å². The monoisotopic (exact) mass is 226 g/mol. The molecule has 0 atom stereocenters. The third-order valence-corrected chi connectivity index (χ3v) is 3.98. The first-order valence-electron chi connectivity index (χ1n) is 6.65. The first-order chi connectivity index (χ1) is 7.74. The van der Waals surface area contributed by atoms with Crippen molar-refractivity contribution in [2.45, 2.75) is 25.7 Å². The van der Waals surface area contributed by atoms with E-state index in [1.807, 2.05) is 0 Å². The van der Waals surface area contributed by atoms with E-state index in [1.54, 1.807) is 0 Å². The third-order valence-electron chi connectivity index (χ3n) is 3.98. The Morgan fingerprint density at radius 1 is 1.31 bits per heavy atom. The molecule has 1 heterocycles. The van der Waals surface area contributed by atoms with Crippen LogP contribution in [0, 0.1) is 11.3 Å². The number of nitrogens with zero attached hydrogens (tertiary/aromatic N) is 1. The summed E-state index contributed by atoms with van der Waals surface area (Å²) < 4.78 is 5.50. The Hall–Kier alpha value is -0.120. The second kappa shape index (κ2) is 5.48. The Labute approximate surface area is 99.5 Å². The zero-order chi connectivity index (χ0) is 11.4. The highest BCUT2D eigenvalue weighted by Crippen LogP contribution is 2.33. The molecule has 1 aliphatic carbocycles. The maximum atomic E-state index is 5.50. The zero-order valence-corrected chi connectivity index (χ0v) is 10.8. The normalized spacial score (nSPS) is 24.9. The summed E-state index contributed by atoms with van der Waals surface area (Å²) in [4.78, 5) is 2.54. The molecule has 1 aliphatic heterocycles. The summed E-state index contributed by atoms with van der Waals surface area (Å²) >= 11 is 0. The molecule has 0 unspecified atom stereocenters. The van der Waals surface area contributed by atoms with Gasteiger partial charge < -0.3 is 15.0 Å². The van der Waals surface area contributed by atoms with Gasteiger partial charge >= 0.3 is 0 Å². The molecule has 94 valence electrons. The first kappa shape index (κ1) is 12.3. The van der Waals surface area contributed by atoms with E-state index in [1.165, 1.54) is 38.8 Å². The summed E-state index contributed by atoms with van der Waals surface area (Å²) in [5.74, 6) is 0.997. The van der Waals surface area contributed by atoms with E-state index in [4.69, 9.17) is 4.74 Å². The predicted octanol–water partition coefficient (Wildman–Crippen LogP) is 1.34. The maximum absolute atomic E-state index is 5.50. The molecule has 0 aromatic carbocycles. The van der Waals surface area contributed by atoms with Gasteiger partial charge in [-0.1, -0.05) is 0 Å². The lowest BCUT2D eigenvalue weighted by Crippen LogP contribution is -2.46. The minimum Gasteiger partial charge on any atom is -0.381 e. The smallest absolute Gasteiger partial charge is 0.0472 e. The van der Waals surface area contributed by atoms with Crippen molar-refractivity contribution in [3.8, 4) is 0 Å². The van der Waals surface area contributed by atoms with Crippen molar-refractivity contribution < 1.29 is 4.74 Å². The van der Waals surface area contributed by atoms with Crippen LogP contribution in [0.15, 0.2) is 0 Å². The molecule has 0 bridgehead atoms. The minimum absolute atomic E-state index is 0.455. The van der Waals surface area contributed by atoms with Gasteiger partial charge in [-0.25, -0.2) is 0 Å². The molecular weight excluding hydrogens is 200 g/mol. The van der Waals surface area contributed by atoms with Crippen LogP contribution in [0.3, 0.4) is 0 Å². The van der Waals surface area contributed by atoms with Crippen LogP contribution in [0.2, 0.25) is 0 Å². The fraction of sp³-hybridized carbons (Fsp3) is 1.00. The van der Waals surface area contributed by atoms with Gasteiger partial charge in [-0.3, -0.25) is 0 Å². The Morgan fingerprint density at radius 2 is 2.00 bits per heavy atom. The van der Waals surface area contributed by atoms with Crippen molar-refractivity contribution in [1.29, 1.82) is 0 Å². The van der Waals surface area contributed by atoms with Crippen LogP contribution in [-0.4, -0.2) is 51.8 Å². The van der Waals surface area contributed by atoms with Crippen molar-refractivity contribution >= 4 is 0 Å². The van der Waals surface area contributed by atoms with Gasteiger partial charge in [0.2, 0.25) is 0 Å². The lowest BCUT2D eigenvalue weighted by atomic mass is 9.79. The molecule has 2 rings (SSSR count). The SMILES string of the molecule is CNCC1(CN(C)CC2CC2)CCOCC1. The number of hydrogen-bond donors (Lipinski definition) is 1. The summed E-state index contributed by atoms with van der Waals surface area (Å²) in [6, 6.07) is 0.